The van der Waals surface area contributed by atoms with Gasteiger partial charge in [-0.15, -0.1) is 0 Å². The maximum Gasteiger partial charge on any atom is 0.257 e. The van der Waals surface area contributed by atoms with Crippen molar-refractivity contribution in [3.8, 4) is 11.8 Å². The summed E-state index contributed by atoms with van der Waals surface area (Å²) in [5, 5.41) is 12.6. The van der Waals surface area contributed by atoms with Crippen LogP contribution in [0.4, 0.5) is 5.69 Å². The summed E-state index contributed by atoms with van der Waals surface area (Å²) in [5.41, 5.74) is 2.99. The number of aryl methyl sites for hydroxylation is 1. The third-order valence-electron chi connectivity index (χ3n) is 3.71. The highest BCUT2D eigenvalue weighted by Crippen LogP contribution is 2.22. The van der Waals surface area contributed by atoms with Crippen LogP contribution in [-0.2, 0) is 0 Å². The summed E-state index contributed by atoms with van der Waals surface area (Å²) in [6, 6.07) is 16.2. The molecule has 0 aliphatic rings. The lowest BCUT2D eigenvalue weighted by molar-refractivity contribution is 0.102. The lowest BCUT2D eigenvalue weighted by Crippen LogP contribution is -2.14. The number of rotatable bonds is 3. The second-order valence-electron chi connectivity index (χ2n) is 5.33. The Labute approximate surface area is 139 Å². The molecule has 1 aromatic heterocycles. The molecule has 0 aliphatic carbocycles. The lowest BCUT2D eigenvalue weighted by atomic mass is 10.1. The molecule has 1 heterocycles. The van der Waals surface area contributed by atoms with E-state index in [9.17, 15) is 4.79 Å². The van der Waals surface area contributed by atoms with Crippen molar-refractivity contribution < 1.29 is 9.53 Å². The molecule has 0 bridgehead atoms. The summed E-state index contributed by atoms with van der Waals surface area (Å²) in [7, 11) is 1.60. The molecule has 0 spiro atoms. The third-order valence-corrected chi connectivity index (χ3v) is 3.71. The second kappa shape index (κ2) is 6.39. The van der Waals surface area contributed by atoms with Gasteiger partial charge in [0.1, 0.15) is 5.75 Å². The monoisotopic (exact) mass is 317 g/mol. The van der Waals surface area contributed by atoms with Gasteiger partial charge in [-0.3, -0.25) is 9.78 Å². The Morgan fingerprint density at radius 3 is 2.79 bits per heavy atom. The van der Waals surface area contributed by atoms with E-state index in [0.29, 0.717) is 28.3 Å². The van der Waals surface area contributed by atoms with E-state index < -0.39 is 0 Å². The van der Waals surface area contributed by atoms with Crippen LogP contribution in [0.1, 0.15) is 21.6 Å². The number of fused-ring (bicyclic) bond motifs is 1. The highest BCUT2D eigenvalue weighted by atomic mass is 16.5. The molecular weight excluding hydrogens is 302 g/mol. The summed E-state index contributed by atoms with van der Waals surface area (Å²) in [4.78, 5) is 17.0. The molecule has 0 saturated heterocycles. The zero-order valence-electron chi connectivity index (χ0n) is 13.3. The number of carbonyl (C=O) groups is 1. The molecule has 3 rings (SSSR count). The molecule has 24 heavy (non-hydrogen) atoms. The minimum atomic E-state index is -0.264. The maximum atomic E-state index is 12.6. The first-order valence-corrected chi connectivity index (χ1v) is 7.37. The van der Waals surface area contributed by atoms with Crippen LogP contribution in [0.15, 0.2) is 48.5 Å². The molecule has 1 N–H and O–H groups in total. The number of ether oxygens (including phenoxy) is 1. The van der Waals surface area contributed by atoms with Gasteiger partial charge in [0.2, 0.25) is 0 Å². The molecule has 3 aromatic rings. The zero-order chi connectivity index (χ0) is 17.1. The van der Waals surface area contributed by atoms with Crippen molar-refractivity contribution in [3.05, 3.63) is 65.4 Å². The van der Waals surface area contributed by atoms with Crippen LogP contribution in [0.25, 0.3) is 10.9 Å². The fraction of sp³-hybridized carbons (Fsp3) is 0.105. The van der Waals surface area contributed by atoms with E-state index in [4.69, 9.17) is 10.00 Å². The Bertz CT molecular complexity index is 974. The van der Waals surface area contributed by atoms with E-state index in [0.717, 1.165) is 10.9 Å². The number of nitrogens with one attached hydrogen (secondary N) is 1. The smallest absolute Gasteiger partial charge is 0.257 e. The maximum absolute atomic E-state index is 12.6. The van der Waals surface area contributed by atoms with E-state index in [-0.39, 0.29) is 5.91 Å². The van der Waals surface area contributed by atoms with Gasteiger partial charge in [-0.2, -0.15) is 5.26 Å². The van der Waals surface area contributed by atoms with Crippen LogP contribution in [0.2, 0.25) is 0 Å². The number of hydrogen-bond acceptors (Lipinski definition) is 4. The quantitative estimate of drug-likeness (QED) is 0.799. The molecule has 118 valence electrons. The van der Waals surface area contributed by atoms with E-state index >= 15 is 0 Å². The average Bonchev–Trinajstić information content (AvgIpc) is 2.60. The first-order valence-electron chi connectivity index (χ1n) is 7.37. The zero-order valence-corrected chi connectivity index (χ0v) is 13.3. The van der Waals surface area contributed by atoms with Gasteiger partial charge in [-0.1, -0.05) is 6.07 Å². The van der Waals surface area contributed by atoms with Crippen molar-refractivity contribution >= 4 is 22.5 Å². The molecule has 1 amide bonds. The molecule has 2 aromatic carbocycles. The number of benzene rings is 2. The highest BCUT2D eigenvalue weighted by Gasteiger charge is 2.12. The molecule has 5 heteroatoms. The van der Waals surface area contributed by atoms with Crippen molar-refractivity contribution in [2.24, 2.45) is 0 Å². The largest absolute Gasteiger partial charge is 0.497 e. The van der Waals surface area contributed by atoms with Gasteiger partial charge in [-0.05, 0) is 49.4 Å². The van der Waals surface area contributed by atoms with Gasteiger partial charge in [0.15, 0.2) is 0 Å². The number of nitrogens with zero attached hydrogens (tertiary/aromatic N) is 2. The Balaban J connectivity index is 1.96. The summed E-state index contributed by atoms with van der Waals surface area (Å²) < 4.78 is 5.22. The van der Waals surface area contributed by atoms with Crippen molar-refractivity contribution in [3.63, 3.8) is 0 Å². The Morgan fingerprint density at radius 2 is 2.04 bits per heavy atom. The number of aromatic nitrogens is 1. The van der Waals surface area contributed by atoms with Crippen LogP contribution in [0.5, 0.6) is 5.75 Å². The van der Waals surface area contributed by atoms with E-state index in [1.165, 1.54) is 0 Å². The van der Waals surface area contributed by atoms with Crippen LogP contribution < -0.4 is 10.1 Å². The van der Waals surface area contributed by atoms with E-state index in [1.54, 1.807) is 44.4 Å². The van der Waals surface area contributed by atoms with Gasteiger partial charge < -0.3 is 10.1 Å². The van der Waals surface area contributed by atoms with Crippen LogP contribution >= 0.6 is 0 Å². The van der Waals surface area contributed by atoms with Crippen LogP contribution in [0.3, 0.4) is 0 Å². The minimum Gasteiger partial charge on any atom is -0.497 e. The fourth-order valence-electron chi connectivity index (χ4n) is 2.47. The summed E-state index contributed by atoms with van der Waals surface area (Å²) in [5.74, 6) is 0.445. The standard InChI is InChI=1S/C19H15N3O2/c1-12-17(10-14-9-16(24-2)6-7-18(14)21-12)19(23)22-15-5-3-4-13(8-15)11-20/h3-10H,1-2H3,(H,22,23). The molecule has 0 radical (unpaired) electrons. The van der Waals surface area contributed by atoms with Gasteiger partial charge in [0.05, 0.1) is 35.5 Å². The van der Waals surface area contributed by atoms with E-state index in [1.807, 2.05) is 18.2 Å². The van der Waals surface area contributed by atoms with Crippen LogP contribution in [0, 0.1) is 18.3 Å². The Hall–Kier alpha value is -3.39. The molecule has 0 fully saturated rings. The number of carbonyl (C=O) groups excluding carboxylic acids is 1. The number of pyridine rings is 1. The van der Waals surface area contributed by atoms with Crippen molar-refractivity contribution in [1.29, 1.82) is 5.26 Å². The van der Waals surface area contributed by atoms with Gasteiger partial charge in [0, 0.05) is 11.1 Å². The van der Waals surface area contributed by atoms with Crippen molar-refractivity contribution in [2.75, 3.05) is 12.4 Å². The summed E-state index contributed by atoms with van der Waals surface area (Å²) >= 11 is 0. The average molecular weight is 317 g/mol. The third kappa shape index (κ3) is 3.03. The van der Waals surface area contributed by atoms with E-state index in [2.05, 4.69) is 16.4 Å². The number of hydrogen-bond donors (Lipinski definition) is 1. The number of anilines is 1. The molecular formula is C19H15N3O2. The molecule has 5 nitrogen and oxygen atoms in total. The van der Waals surface area contributed by atoms with Crippen molar-refractivity contribution in [2.45, 2.75) is 6.92 Å². The topological polar surface area (TPSA) is 75.0 Å². The van der Waals surface area contributed by atoms with Gasteiger partial charge in [0.25, 0.3) is 5.91 Å². The Kier molecular flexibility index (Phi) is 4.13. The van der Waals surface area contributed by atoms with Crippen molar-refractivity contribution in [1.82, 2.24) is 4.98 Å². The predicted molar refractivity (Wildman–Crippen MR) is 92.1 cm³/mol. The van der Waals surface area contributed by atoms with Gasteiger partial charge in [-0.25, -0.2) is 0 Å². The number of methoxy groups -OCH3 is 1. The molecule has 0 aliphatic heterocycles. The summed E-state index contributed by atoms with van der Waals surface area (Å²) in [6.07, 6.45) is 0. The molecule has 0 atom stereocenters. The molecule has 0 unspecified atom stereocenters. The fourth-order valence-corrected chi connectivity index (χ4v) is 2.47. The van der Waals surface area contributed by atoms with Crippen LogP contribution in [-0.4, -0.2) is 18.0 Å². The summed E-state index contributed by atoms with van der Waals surface area (Å²) in [6.45, 7) is 1.80. The number of amides is 1. The SMILES string of the molecule is COc1ccc2nc(C)c(C(=O)Nc3cccc(C#N)c3)cc2c1. The van der Waals surface area contributed by atoms with Gasteiger partial charge >= 0.3 is 0 Å². The minimum absolute atomic E-state index is 0.264. The first kappa shape index (κ1) is 15.5. The molecule has 0 saturated carbocycles. The highest BCUT2D eigenvalue weighted by molar-refractivity contribution is 6.06. The Morgan fingerprint density at radius 1 is 1.21 bits per heavy atom. The lowest BCUT2D eigenvalue weighted by Gasteiger charge is -2.10. The number of nitriles is 1. The predicted octanol–water partition coefficient (Wildman–Crippen LogP) is 3.68. The first-order chi connectivity index (χ1) is 11.6. The second-order valence-corrected chi connectivity index (χ2v) is 5.33. The normalized spacial score (nSPS) is 10.2.